The summed E-state index contributed by atoms with van der Waals surface area (Å²) in [7, 11) is -9.45. The molecule has 1 fully saturated rings. The van der Waals surface area contributed by atoms with Crippen molar-refractivity contribution < 1.29 is 35.9 Å². The second-order valence-corrected chi connectivity index (χ2v) is 12.8. The van der Waals surface area contributed by atoms with E-state index >= 15 is 0 Å². The lowest BCUT2D eigenvalue weighted by molar-refractivity contribution is -0.150. The zero-order chi connectivity index (χ0) is 28.9. The van der Waals surface area contributed by atoms with E-state index in [1.54, 1.807) is 19.1 Å². The molecule has 0 bridgehead atoms. The van der Waals surface area contributed by atoms with E-state index in [2.05, 4.69) is 5.32 Å². The second-order valence-electron chi connectivity index (χ2n) is 9.27. The van der Waals surface area contributed by atoms with Gasteiger partial charge in [0, 0.05) is 6.04 Å². The van der Waals surface area contributed by atoms with Crippen LogP contribution in [0.3, 0.4) is 0 Å². The Bertz CT molecular complexity index is 1460. The van der Waals surface area contributed by atoms with Crippen molar-refractivity contribution in [2.75, 3.05) is 13.2 Å². The first-order chi connectivity index (χ1) is 19.1. The number of hydrogen-bond donors (Lipinski definition) is 1. The minimum atomic E-state index is -4.76. The molecule has 1 aliphatic heterocycles. The third-order valence-corrected chi connectivity index (χ3v) is 10.1. The van der Waals surface area contributed by atoms with Crippen molar-refractivity contribution in [1.29, 1.82) is 0 Å². The minimum absolute atomic E-state index is 0.0918. The molecule has 0 radical (unpaired) electrons. The van der Waals surface area contributed by atoms with Crippen molar-refractivity contribution >= 4 is 32.0 Å². The fourth-order valence-corrected chi connectivity index (χ4v) is 8.21. The van der Waals surface area contributed by atoms with E-state index in [4.69, 9.17) is 9.47 Å². The molecule has 0 spiro atoms. The average Bonchev–Trinajstić information content (AvgIpc) is 3.31. The van der Waals surface area contributed by atoms with Gasteiger partial charge in [-0.1, -0.05) is 60.1 Å². The van der Waals surface area contributed by atoms with Crippen LogP contribution < -0.4 is 5.32 Å². The van der Waals surface area contributed by atoms with Crippen molar-refractivity contribution in [2.45, 2.75) is 67.8 Å². The van der Waals surface area contributed by atoms with Gasteiger partial charge in [0.15, 0.2) is 6.04 Å². The van der Waals surface area contributed by atoms with Crippen molar-refractivity contribution in [3.63, 3.8) is 0 Å². The molecule has 40 heavy (non-hydrogen) atoms. The van der Waals surface area contributed by atoms with Crippen LogP contribution >= 0.6 is 0 Å². The molecule has 1 heterocycles. The van der Waals surface area contributed by atoms with E-state index < -0.39 is 43.6 Å². The first kappa shape index (κ1) is 29.6. The van der Waals surface area contributed by atoms with E-state index in [-0.39, 0.29) is 34.9 Å². The van der Waals surface area contributed by atoms with E-state index in [9.17, 15) is 26.4 Å². The standard InChI is InChI=1S/C27H33N3O8S2/c1-3-37-26(31)23-24(27(32)38-4-2)29(39(33,34)21-16-10-6-11-17-21)30(25(23)28-20-14-8-5-9-15-20)40(35,36)22-18-12-7-13-19-22/h6-7,10-13,16-20,24,28H,3-5,8-9,14-15H2,1-2H3. The summed E-state index contributed by atoms with van der Waals surface area (Å²) in [5.74, 6) is -2.48. The normalized spacial score (nSPS) is 18.9. The first-order valence-electron chi connectivity index (χ1n) is 13.2. The van der Waals surface area contributed by atoms with Gasteiger partial charge < -0.3 is 14.8 Å². The molecule has 2 aromatic rings. The maximum atomic E-state index is 14.3. The van der Waals surface area contributed by atoms with Gasteiger partial charge >= 0.3 is 11.9 Å². The zero-order valence-electron chi connectivity index (χ0n) is 22.4. The number of nitrogens with one attached hydrogen (secondary N) is 1. The Labute approximate surface area is 234 Å². The van der Waals surface area contributed by atoms with Crippen LogP contribution in [-0.2, 0) is 39.1 Å². The maximum absolute atomic E-state index is 14.3. The van der Waals surface area contributed by atoms with Crippen LogP contribution in [0.25, 0.3) is 0 Å². The Morgan fingerprint density at radius 1 is 0.800 bits per heavy atom. The van der Waals surface area contributed by atoms with Crippen LogP contribution in [0.5, 0.6) is 0 Å². The van der Waals surface area contributed by atoms with Gasteiger partial charge in [0.2, 0.25) is 0 Å². The van der Waals surface area contributed by atoms with Gasteiger partial charge in [-0.3, -0.25) is 0 Å². The molecule has 1 atom stereocenters. The van der Waals surface area contributed by atoms with E-state index in [0.717, 1.165) is 19.3 Å². The topological polar surface area (TPSA) is 139 Å². The highest BCUT2D eigenvalue weighted by Crippen LogP contribution is 2.40. The van der Waals surface area contributed by atoms with Crippen molar-refractivity contribution in [1.82, 2.24) is 14.1 Å². The van der Waals surface area contributed by atoms with Gasteiger partial charge in [-0.15, -0.1) is 0 Å². The monoisotopic (exact) mass is 591 g/mol. The van der Waals surface area contributed by atoms with Crippen LogP contribution in [0.4, 0.5) is 0 Å². The van der Waals surface area contributed by atoms with Gasteiger partial charge in [-0.05, 0) is 51.0 Å². The van der Waals surface area contributed by atoms with Crippen LogP contribution in [0.15, 0.2) is 81.8 Å². The molecule has 13 heteroatoms. The summed E-state index contributed by atoms with van der Waals surface area (Å²) in [5.41, 5.74) is -0.454. The molecule has 1 N–H and O–H groups in total. The van der Waals surface area contributed by atoms with Gasteiger partial charge in [-0.25, -0.2) is 18.0 Å². The van der Waals surface area contributed by atoms with Gasteiger partial charge in [0.1, 0.15) is 11.4 Å². The van der Waals surface area contributed by atoms with Crippen LogP contribution in [0, 0.1) is 0 Å². The summed E-state index contributed by atoms with van der Waals surface area (Å²) in [6.07, 6.45) is 4.04. The van der Waals surface area contributed by atoms with E-state index in [1.165, 1.54) is 55.5 Å². The number of benzene rings is 2. The van der Waals surface area contributed by atoms with Gasteiger partial charge in [0.25, 0.3) is 20.0 Å². The van der Waals surface area contributed by atoms with Crippen LogP contribution in [-0.4, -0.2) is 62.9 Å². The largest absolute Gasteiger partial charge is 0.464 e. The van der Waals surface area contributed by atoms with Crippen molar-refractivity contribution in [3.05, 3.63) is 72.1 Å². The Hall–Kier alpha value is -3.42. The van der Waals surface area contributed by atoms with Crippen LogP contribution in [0.2, 0.25) is 0 Å². The number of esters is 2. The fraction of sp³-hybridized carbons (Fsp3) is 0.407. The molecule has 216 valence electrons. The lowest BCUT2D eigenvalue weighted by atomic mass is 9.95. The molecule has 0 saturated heterocycles. The molecular formula is C27H33N3O8S2. The quantitative estimate of drug-likeness (QED) is 0.413. The van der Waals surface area contributed by atoms with E-state index in [1.807, 2.05) is 0 Å². The number of nitrogens with zero attached hydrogens (tertiary/aromatic N) is 2. The van der Waals surface area contributed by atoms with Crippen molar-refractivity contribution in [2.24, 2.45) is 0 Å². The lowest BCUT2D eigenvalue weighted by Gasteiger charge is -2.34. The summed E-state index contributed by atoms with van der Waals surface area (Å²) < 4.78 is 68.4. The highest BCUT2D eigenvalue weighted by atomic mass is 32.2. The molecule has 0 aromatic heterocycles. The smallest absolute Gasteiger partial charge is 0.340 e. The Kier molecular flexibility index (Phi) is 9.16. The lowest BCUT2D eigenvalue weighted by Crippen LogP contribution is -2.54. The number of carbonyl (C=O) groups excluding carboxylic acids is 2. The molecule has 1 saturated carbocycles. The molecule has 0 amide bonds. The van der Waals surface area contributed by atoms with Gasteiger partial charge in [0.05, 0.1) is 23.0 Å². The number of carbonyl (C=O) groups is 2. The molecule has 2 aliphatic rings. The Balaban J connectivity index is 2.04. The number of hydrogen-bond acceptors (Lipinski definition) is 9. The van der Waals surface area contributed by atoms with Gasteiger partial charge in [-0.2, -0.15) is 12.8 Å². The molecule has 2 aromatic carbocycles. The summed E-state index contributed by atoms with van der Waals surface area (Å²) >= 11 is 0. The van der Waals surface area contributed by atoms with Crippen molar-refractivity contribution in [3.8, 4) is 0 Å². The third kappa shape index (κ3) is 5.72. The number of hydrazine groups is 1. The highest BCUT2D eigenvalue weighted by Gasteiger charge is 2.57. The molecular weight excluding hydrogens is 558 g/mol. The molecule has 1 unspecified atom stereocenters. The number of sulfonamides is 2. The predicted molar refractivity (Wildman–Crippen MR) is 145 cm³/mol. The Morgan fingerprint density at radius 2 is 1.32 bits per heavy atom. The number of ether oxygens (including phenoxy) is 2. The Morgan fingerprint density at radius 3 is 1.85 bits per heavy atom. The third-order valence-electron chi connectivity index (χ3n) is 6.63. The summed E-state index contributed by atoms with van der Waals surface area (Å²) in [4.78, 5) is 26.4. The van der Waals surface area contributed by atoms with Crippen LogP contribution in [0.1, 0.15) is 46.0 Å². The highest BCUT2D eigenvalue weighted by molar-refractivity contribution is 7.92. The summed E-state index contributed by atoms with van der Waals surface area (Å²) in [5, 5.41) is 3.13. The zero-order valence-corrected chi connectivity index (χ0v) is 24.0. The first-order valence-corrected chi connectivity index (χ1v) is 16.1. The molecule has 11 nitrogen and oxygen atoms in total. The second kappa shape index (κ2) is 12.4. The molecule has 4 rings (SSSR count). The summed E-state index contributed by atoms with van der Waals surface area (Å²) in [6, 6.07) is 12.1. The maximum Gasteiger partial charge on any atom is 0.340 e. The average molecular weight is 592 g/mol. The SMILES string of the molecule is CCOC(=O)C1=C(NC2CCCCC2)N(S(=O)(=O)c2ccccc2)N(S(=O)(=O)c2ccccc2)C1C(=O)OCC. The summed E-state index contributed by atoms with van der Waals surface area (Å²) in [6.45, 7) is 2.85. The predicted octanol–water partition coefficient (Wildman–Crippen LogP) is 2.93. The number of rotatable bonds is 10. The van der Waals surface area contributed by atoms with E-state index in [0.29, 0.717) is 21.7 Å². The minimum Gasteiger partial charge on any atom is -0.464 e. The fourth-order valence-electron chi connectivity index (χ4n) is 4.82. The molecule has 1 aliphatic carbocycles.